The molecule has 2 amide bonds. The highest BCUT2D eigenvalue weighted by molar-refractivity contribution is 5.97. The molecule has 1 fully saturated rings. The Morgan fingerprint density at radius 1 is 0.971 bits per heavy atom. The van der Waals surface area contributed by atoms with E-state index in [1.165, 1.54) is 17.7 Å². The highest BCUT2D eigenvalue weighted by Gasteiger charge is 2.35. The van der Waals surface area contributed by atoms with Gasteiger partial charge in [0.15, 0.2) is 0 Å². The molecule has 0 spiro atoms. The number of nitrogens with zero attached hydrogens (tertiary/aromatic N) is 2. The Labute approximate surface area is 200 Å². The van der Waals surface area contributed by atoms with Gasteiger partial charge in [-0.25, -0.2) is 4.39 Å². The van der Waals surface area contributed by atoms with Gasteiger partial charge in [0.25, 0.3) is 5.91 Å². The number of rotatable bonds is 11. The van der Waals surface area contributed by atoms with Crippen LogP contribution in [0.3, 0.4) is 0 Å². The summed E-state index contributed by atoms with van der Waals surface area (Å²) in [5.74, 6) is 0.0551. The summed E-state index contributed by atoms with van der Waals surface area (Å²) in [6.45, 7) is 2.75. The van der Waals surface area contributed by atoms with E-state index in [9.17, 15) is 14.0 Å². The molecule has 5 nitrogen and oxygen atoms in total. The molecule has 1 heterocycles. The molecule has 0 aliphatic heterocycles. The van der Waals surface area contributed by atoms with E-state index in [4.69, 9.17) is 4.42 Å². The van der Waals surface area contributed by atoms with Gasteiger partial charge in [0.2, 0.25) is 5.91 Å². The summed E-state index contributed by atoms with van der Waals surface area (Å²) in [5.41, 5.74) is 2.64. The largest absolute Gasteiger partial charge is 0.467 e. The zero-order chi connectivity index (χ0) is 23.9. The van der Waals surface area contributed by atoms with E-state index in [-0.39, 0.29) is 36.8 Å². The molecule has 0 radical (unpaired) electrons. The molecule has 1 saturated carbocycles. The van der Waals surface area contributed by atoms with Gasteiger partial charge in [-0.1, -0.05) is 37.6 Å². The fourth-order valence-corrected chi connectivity index (χ4v) is 3.99. The molecular formula is C28H31FN2O3. The minimum Gasteiger partial charge on any atom is -0.467 e. The topological polar surface area (TPSA) is 53.8 Å². The summed E-state index contributed by atoms with van der Waals surface area (Å²) in [7, 11) is 0. The molecule has 0 unspecified atom stereocenters. The molecule has 2 aromatic carbocycles. The van der Waals surface area contributed by atoms with Crippen LogP contribution in [0.4, 0.5) is 4.39 Å². The third-order valence-electron chi connectivity index (χ3n) is 6.14. The van der Waals surface area contributed by atoms with Crippen molar-refractivity contribution in [2.24, 2.45) is 0 Å². The highest BCUT2D eigenvalue weighted by atomic mass is 19.1. The summed E-state index contributed by atoms with van der Waals surface area (Å²) >= 11 is 0. The maximum absolute atomic E-state index is 13.4. The molecule has 1 aliphatic carbocycles. The van der Waals surface area contributed by atoms with Gasteiger partial charge >= 0.3 is 0 Å². The summed E-state index contributed by atoms with van der Waals surface area (Å²) < 4.78 is 18.8. The number of hydrogen-bond acceptors (Lipinski definition) is 3. The van der Waals surface area contributed by atoms with Crippen LogP contribution >= 0.6 is 0 Å². The Balaban J connectivity index is 1.48. The number of amides is 2. The van der Waals surface area contributed by atoms with Gasteiger partial charge in [-0.3, -0.25) is 9.59 Å². The summed E-state index contributed by atoms with van der Waals surface area (Å²) in [4.78, 5) is 30.1. The van der Waals surface area contributed by atoms with Crippen LogP contribution in [-0.2, 0) is 24.3 Å². The third kappa shape index (κ3) is 6.34. The molecular weight excluding hydrogens is 431 g/mol. The number of benzene rings is 2. The third-order valence-corrected chi connectivity index (χ3v) is 6.14. The average molecular weight is 463 g/mol. The Morgan fingerprint density at radius 2 is 1.68 bits per heavy atom. The number of furan rings is 1. The van der Waals surface area contributed by atoms with Crippen LogP contribution in [0, 0.1) is 5.82 Å². The van der Waals surface area contributed by atoms with E-state index < -0.39 is 0 Å². The van der Waals surface area contributed by atoms with Crippen LogP contribution in [0.25, 0.3) is 0 Å². The van der Waals surface area contributed by atoms with Crippen molar-refractivity contribution in [3.63, 3.8) is 0 Å². The van der Waals surface area contributed by atoms with Crippen LogP contribution in [0.5, 0.6) is 0 Å². The Kier molecular flexibility index (Phi) is 7.78. The van der Waals surface area contributed by atoms with Crippen LogP contribution < -0.4 is 0 Å². The van der Waals surface area contributed by atoms with E-state index in [1.54, 1.807) is 34.3 Å². The first kappa shape index (κ1) is 23.7. The molecule has 1 aliphatic rings. The molecule has 4 rings (SSSR count). The van der Waals surface area contributed by atoms with Gasteiger partial charge in [0.05, 0.1) is 12.8 Å². The molecule has 1 aromatic heterocycles. The van der Waals surface area contributed by atoms with Crippen LogP contribution in [0.15, 0.2) is 71.3 Å². The van der Waals surface area contributed by atoms with Crippen molar-refractivity contribution in [3.8, 4) is 0 Å². The van der Waals surface area contributed by atoms with E-state index in [0.717, 1.165) is 37.7 Å². The minimum absolute atomic E-state index is 0.00297. The number of aryl methyl sites for hydroxylation is 1. The molecule has 3 aromatic rings. The maximum atomic E-state index is 13.4. The van der Waals surface area contributed by atoms with Crippen molar-refractivity contribution in [3.05, 3.63) is 95.2 Å². The molecule has 178 valence electrons. The lowest BCUT2D eigenvalue weighted by Gasteiger charge is -2.27. The first-order valence-corrected chi connectivity index (χ1v) is 12.0. The number of halogens is 1. The summed E-state index contributed by atoms with van der Waals surface area (Å²) in [6.07, 6.45) is 6.63. The first-order valence-electron chi connectivity index (χ1n) is 12.0. The van der Waals surface area contributed by atoms with Crippen LogP contribution in [-0.4, -0.2) is 34.2 Å². The van der Waals surface area contributed by atoms with E-state index in [2.05, 4.69) is 6.92 Å². The predicted molar refractivity (Wildman–Crippen MR) is 128 cm³/mol. The molecule has 0 N–H and O–H groups in total. The normalized spacial score (nSPS) is 13.0. The predicted octanol–water partition coefficient (Wildman–Crippen LogP) is 5.59. The average Bonchev–Trinajstić information content (AvgIpc) is 3.57. The van der Waals surface area contributed by atoms with Crippen molar-refractivity contribution in [2.75, 3.05) is 6.54 Å². The monoisotopic (exact) mass is 462 g/mol. The van der Waals surface area contributed by atoms with Crippen molar-refractivity contribution < 1.29 is 18.4 Å². The summed E-state index contributed by atoms with van der Waals surface area (Å²) in [5, 5.41) is 0. The van der Waals surface area contributed by atoms with E-state index >= 15 is 0 Å². The lowest BCUT2D eigenvalue weighted by Crippen LogP contribution is -2.43. The van der Waals surface area contributed by atoms with Gasteiger partial charge in [-0.2, -0.15) is 0 Å². The minimum atomic E-state index is -0.320. The maximum Gasteiger partial charge on any atom is 0.254 e. The molecule has 6 heteroatoms. The number of unbranched alkanes of at least 4 members (excludes halogenated alkanes) is 1. The lowest BCUT2D eigenvalue weighted by atomic mass is 10.1. The zero-order valence-electron chi connectivity index (χ0n) is 19.6. The van der Waals surface area contributed by atoms with Crippen molar-refractivity contribution >= 4 is 11.8 Å². The quantitative estimate of drug-likeness (QED) is 0.373. The van der Waals surface area contributed by atoms with Gasteiger partial charge < -0.3 is 14.2 Å². The smallest absolute Gasteiger partial charge is 0.254 e. The zero-order valence-corrected chi connectivity index (χ0v) is 19.6. The second-order valence-electron chi connectivity index (χ2n) is 8.92. The van der Waals surface area contributed by atoms with Crippen molar-refractivity contribution in [1.29, 1.82) is 0 Å². The van der Waals surface area contributed by atoms with Crippen molar-refractivity contribution in [2.45, 2.75) is 58.2 Å². The molecule has 0 bridgehead atoms. The van der Waals surface area contributed by atoms with Gasteiger partial charge in [0.1, 0.15) is 18.1 Å². The standard InChI is InChI=1S/C28H31FN2O3/c1-2-3-5-21-7-11-23(12-8-21)28(33)31(25-15-16-25)20-27(32)30(19-26-6-4-17-34-26)18-22-9-13-24(29)14-10-22/h4,6-14,17,25H,2-3,5,15-16,18-20H2,1H3. The lowest BCUT2D eigenvalue weighted by molar-refractivity contribution is -0.133. The van der Waals surface area contributed by atoms with Gasteiger partial charge in [0, 0.05) is 18.2 Å². The fourth-order valence-electron chi connectivity index (χ4n) is 3.99. The molecule has 0 saturated heterocycles. The van der Waals surface area contributed by atoms with Gasteiger partial charge in [-0.05, 0) is 73.2 Å². The van der Waals surface area contributed by atoms with E-state index in [0.29, 0.717) is 17.9 Å². The highest BCUT2D eigenvalue weighted by Crippen LogP contribution is 2.29. The van der Waals surface area contributed by atoms with Crippen LogP contribution in [0.2, 0.25) is 0 Å². The fraction of sp³-hybridized carbons (Fsp3) is 0.357. The second-order valence-corrected chi connectivity index (χ2v) is 8.92. The molecule has 34 heavy (non-hydrogen) atoms. The van der Waals surface area contributed by atoms with E-state index in [1.807, 2.05) is 30.3 Å². The van der Waals surface area contributed by atoms with Crippen LogP contribution in [0.1, 0.15) is 59.9 Å². The van der Waals surface area contributed by atoms with Gasteiger partial charge in [-0.15, -0.1) is 0 Å². The Hall–Kier alpha value is -3.41. The number of carbonyl (C=O) groups excluding carboxylic acids is 2. The number of hydrogen-bond donors (Lipinski definition) is 0. The summed E-state index contributed by atoms with van der Waals surface area (Å²) in [6, 6.07) is 17.5. The number of carbonyl (C=O) groups is 2. The SMILES string of the molecule is CCCCc1ccc(C(=O)N(CC(=O)N(Cc2ccc(F)cc2)Cc2ccco2)C2CC2)cc1. The Bertz CT molecular complexity index is 1070. The Morgan fingerprint density at radius 3 is 2.29 bits per heavy atom. The second kappa shape index (κ2) is 11.1. The molecule has 0 atom stereocenters. The van der Waals surface area contributed by atoms with Crippen molar-refractivity contribution in [1.82, 2.24) is 9.80 Å². The first-order chi connectivity index (χ1) is 16.5.